The summed E-state index contributed by atoms with van der Waals surface area (Å²) in [5, 5.41) is 17.6. The predicted octanol–water partition coefficient (Wildman–Crippen LogP) is 4.29. The highest BCUT2D eigenvalue weighted by Crippen LogP contribution is 2.56. The van der Waals surface area contributed by atoms with Gasteiger partial charge in [-0.15, -0.1) is 0 Å². The van der Waals surface area contributed by atoms with Crippen LogP contribution >= 0.6 is 7.60 Å². The summed E-state index contributed by atoms with van der Waals surface area (Å²) in [6.45, 7) is 1.91. The minimum Gasteiger partial charge on any atom is -0.390 e. The highest BCUT2D eigenvalue weighted by molar-refractivity contribution is 7.51. The predicted molar refractivity (Wildman–Crippen MR) is 123 cm³/mol. The number of aromatic nitrogens is 2. The summed E-state index contributed by atoms with van der Waals surface area (Å²) in [6, 6.07) is 9.51. The topological polar surface area (TPSA) is 117 Å². The van der Waals surface area contributed by atoms with E-state index in [1.54, 1.807) is 25.3 Å². The molecule has 4 aliphatic rings. The zero-order chi connectivity index (χ0) is 22.3. The highest BCUT2D eigenvalue weighted by Gasteiger charge is 2.54. The largest absolute Gasteiger partial charge is 0.390 e. The smallest absolute Gasteiger partial charge is 0.332 e. The molecule has 4 N–H and O–H groups in total. The van der Waals surface area contributed by atoms with Crippen LogP contribution in [0.4, 0.5) is 17.5 Å². The van der Waals surface area contributed by atoms with Crippen molar-refractivity contribution in [2.24, 2.45) is 17.8 Å². The van der Waals surface area contributed by atoms with Crippen molar-refractivity contribution in [3.05, 3.63) is 42.1 Å². The second-order valence-electron chi connectivity index (χ2n) is 9.67. The van der Waals surface area contributed by atoms with E-state index in [-0.39, 0.29) is 12.8 Å². The van der Waals surface area contributed by atoms with Gasteiger partial charge in [0, 0.05) is 17.9 Å². The Morgan fingerprint density at radius 2 is 1.88 bits per heavy atom. The van der Waals surface area contributed by atoms with E-state index < -0.39 is 13.2 Å². The minimum absolute atomic E-state index is 0.0171. The molecule has 1 heterocycles. The number of aliphatic hydroxyl groups is 1. The van der Waals surface area contributed by atoms with E-state index in [0.29, 0.717) is 29.7 Å². The zero-order valence-corrected chi connectivity index (χ0v) is 19.2. The van der Waals surface area contributed by atoms with Gasteiger partial charge < -0.3 is 25.2 Å². The fourth-order valence-corrected chi connectivity index (χ4v) is 7.35. The quantitative estimate of drug-likeness (QED) is 0.433. The van der Waals surface area contributed by atoms with Crippen LogP contribution in [0.3, 0.4) is 0 Å². The van der Waals surface area contributed by atoms with Crippen LogP contribution in [0.15, 0.2) is 36.5 Å². The molecule has 8 nitrogen and oxygen atoms in total. The van der Waals surface area contributed by atoms with Gasteiger partial charge in [-0.25, -0.2) is 4.98 Å². The van der Waals surface area contributed by atoms with E-state index in [1.807, 2.05) is 18.2 Å². The molecule has 4 saturated carbocycles. The van der Waals surface area contributed by atoms with Crippen molar-refractivity contribution in [2.75, 3.05) is 17.2 Å². The second kappa shape index (κ2) is 8.41. The third-order valence-electron chi connectivity index (χ3n) is 7.13. The van der Waals surface area contributed by atoms with Gasteiger partial charge in [-0.2, -0.15) is 4.98 Å². The maximum absolute atomic E-state index is 11.9. The molecule has 32 heavy (non-hydrogen) atoms. The highest BCUT2D eigenvalue weighted by atomic mass is 31.2. The average Bonchev–Trinajstić information content (AvgIpc) is 2.71. The van der Waals surface area contributed by atoms with Gasteiger partial charge in [-0.3, -0.25) is 4.57 Å². The molecule has 0 amide bonds. The molecule has 4 bridgehead atoms. The number of anilines is 3. The van der Waals surface area contributed by atoms with Gasteiger partial charge in [-0.1, -0.05) is 12.1 Å². The van der Waals surface area contributed by atoms with E-state index in [2.05, 4.69) is 20.6 Å². The SMILES string of the molecule is CCOP(=O)(O)Cc1ccc(Nc2nccc(NC3C4CC5CC3CC(O)(C5)C4)n2)cc1. The van der Waals surface area contributed by atoms with E-state index in [4.69, 9.17) is 4.52 Å². The van der Waals surface area contributed by atoms with Gasteiger partial charge >= 0.3 is 7.60 Å². The maximum Gasteiger partial charge on any atom is 0.332 e. The summed E-state index contributed by atoms with van der Waals surface area (Å²) in [7, 11) is -3.60. The van der Waals surface area contributed by atoms with Gasteiger partial charge in [0.2, 0.25) is 5.95 Å². The molecule has 9 heteroatoms. The van der Waals surface area contributed by atoms with Crippen LogP contribution in [0.2, 0.25) is 0 Å². The third kappa shape index (κ3) is 4.69. The lowest BCUT2D eigenvalue weighted by Gasteiger charge is -2.58. The van der Waals surface area contributed by atoms with Crippen molar-refractivity contribution in [3.63, 3.8) is 0 Å². The number of nitrogens with one attached hydrogen (secondary N) is 2. The Hall–Kier alpha value is -1.99. The van der Waals surface area contributed by atoms with Crippen molar-refractivity contribution in [1.29, 1.82) is 0 Å². The summed E-state index contributed by atoms with van der Waals surface area (Å²) in [5.74, 6) is 2.97. The average molecular weight is 458 g/mol. The lowest BCUT2D eigenvalue weighted by Crippen LogP contribution is -2.59. The molecule has 0 saturated heterocycles. The van der Waals surface area contributed by atoms with Crippen LogP contribution in [0, 0.1) is 17.8 Å². The fraction of sp³-hybridized carbons (Fsp3) is 0.565. The molecule has 1 aromatic carbocycles. The molecule has 4 fully saturated rings. The number of rotatable bonds is 8. The first kappa shape index (κ1) is 21.8. The normalized spacial score (nSPS) is 32.5. The summed E-state index contributed by atoms with van der Waals surface area (Å²) in [5.41, 5.74) is 1.09. The minimum atomic E-state index is -3.60. The lowest BCUT2D eigenvalue weighted by molar-refractivity contribution is -0.129. The molecule has 172 valence electrons. The number of benzene rings is 1. The first-order valence-corrected chi connectivity index (χ1v) is 13.2. The summed E-state index contributed by atoms with van der Waals surface area (Å²) < 4.78 is 16.9. The van der Waals surface area contributed by atoms with E-state index >= 15 is 0 Å². The molecule has 0 radical (unpaired) electrons. The van der Waals surface area contributed by atoms with Crippen LogP contribution in [0.1, 0.15) is 44.6 Å². The Morgan fingerprint density at radius 1 is 1.16 bits per heavy atom. The Bertz CT molecular complexity index is 1000. The monoisotopic (exact) mass is 458 g/mol. The summed E-state index contributed by atoms with van der Waals surface area (Å²) in [6.07, 6.45) is 6.88. The zero-order valence-electron chi connectivity index (χ0n) is 18.3. The maximum atomic E-state index is 11.9. The Labute approximate surface area is 188 Å². The van der Waals surface area contributed by atoms with Crippen LogP contribution < -0.4 is 10.6 Å². The van der Waals surface area contributed by atoms with E-state index in [1.165, 1.54) is 12.8 Å². The van der Waals surface area contributed by atoms with E-state index in [0.717, 1.165) is 36.3 Å². The lowest BCUT2D eigenvalue weighted by atomic mass is 9.52. The van der Waals surface area contributed by atoms with Gasteiger partial charge in [0.1, 0.15) is 5.82 Å². The molecule has 0 aliphatic heterocycles. The van der Waals surface area contributed by atoms with E-state index in [9.17, 15) is 14.6 Å². The molecular weight excluding hydrogens is 427 g/mol. The van der Waals surface area contributed by atoms with Gasteiger partial charge in [0.05, 0.1) is 18.4 Å². The molecule has 3 atom stereocenters. The van der Waals surface area contributed by atoms with Gasteiger partial charge in [0.15, 0.2) is 0 Å². The van der Waals surface area contributed by atoms with Crippen molar-refractivity contribution in [1.82, 2.24) is 9.97 Å². The van der Waals surface area contributed by atoms with Crippen LogP contribution in [-0.2, 0) is 15.3 Å². The van der Waals surface area contributed by atoms with Crippen molar-refractivity contribution in [2.45, 2.75) is 56.8 Å². The summed E-state index contributed by atoms with van der Waals surface area (Å²) >= 11 is 0. The standard InChI is InChI=1S/C23H31N4O4P/c1-2-31-32(29,30)14-15-3-5-19(6-4-15)25-22-24-8-7-20(27-22)26-21-17-9-16-10-18(21)13-23(28,11-16)12-17/h3-8,16-18,21,28H,2,9-14H2,1H3,(H,29,30)(H2,24,25,26,27). The second-order valence-corrected chi connectivity index (χ2v) is 11.5. The van der Waals surface area contributed by atoms with Gasteiger partial charge in [-0.05, 0) is 80.5 Å². The number of nitrogens with zero attached hydrogens (tertiary/aromatic N) is 2. The molecule has 1 aromatic heterocycles. The first-order chi connectivity index (χ1) is 15.3. The first-order valence-electron chi connectivity index (χ1n) is 11.5. The summed E-state index contributed by atoms with van der Waals surface area (Å²) in [4.78, 5) is 18.8. The third-order valence-corrected chi connectivity index (χ3v) is 8.56. The Morgan fingerprint density at radius 3 is 2.53 bits per heavy atom. The van der Waals surface area contributed by atoms with Crippen molar-refractivity contribution >= 4 is 25.0 Å². The van der Waals surface area contributed by atoms with Crippen molar-refractivity contribution in [3.8, 4) is 0 Å². The fourth-order valence-electron chi connectivity index (χ4n) is 6.19. The molecule has 3 unspecified atom stereocenters. The molecule has 2 aromatic rings. The Balaban J connectivity index is 1.23. The van der Waals surface area contributed by atoms with Crippen LogP contribution in [0.25, 0.3) is 0 Å². The number of hydrogen-bond donors (Lipinski definition) is 4. The van der Waals surface area contributed by atoms with Crippen LogP contribution in [0.5, 0.6) is 0 Å². The van der Waals surface area contributed by atoms with Gasteiger partial charge in [0.25, 0.3) is 0 Å². The van der Waals surface area contributed by atoms with Crippen LogP contribution in [-0.4, -0.2) is 38.2 Å². The number of hydrogen-bond acceptors (Lipinski definition) is 7. The molecule has 0 spiro atoms. The molecule has 6 rings (SSSR count). The molecule has 4 aliphatic carbocycles. The molecular formula is C23H31N4O4P. The van der Waals surface area contributed by atoms with Crippen molar-refractivity contribution < 1.29 is 19.1 Å². The Kier molecular flexibility index (Phi) is 5.74.